The fourth-order valence-electron chi connectivity index (χ4n) is 2.95. The van der Waals surface area contributed by atoms with Gasteiger partial charge in [-0.1, -0.05) is 22.8 Å². The molecule has 0 spiro atoms. The van der Waals surface area contributed by atoms with Gasteiger partial charge in [0.05, 0.1) is 35.5 Å². The lowest BCUT2D eigenvalue weighted by Crippen LogP contribution is -2.10. The Morgan fingerprint density at radius 2 is 2.04 bits per heavy atom. The van der Waals surface area contributed by atoms with Crippen molar-refractivity contribution < 1.29 is 18.4 Å². The minimum atomic E-state index is -1.11. The van der Waals surface area contributed by atoms with Crippen molar-refractivity contribution in [1.29, 1.82) is 5.26 Å². The highest BCUT2D eigenvalue weighted by Gasteiger charge is 2.28. The first-order chi connectivity index (χ1) is 13.4. The zero-order valence-corrected chi connectivity index (χ0v) is 15.2. The molecule has 2 aromatic carbocycles. The third kappa shape index (κ3) is 3.94. The van der Waals surface area contributed by atoms with Crippen molar-refractivity contribution in [2.45, 2.75) is 19.3 Å². The van der Waals surface area contributed by atoms with Gasteiger partial charge in [-0.05, 0) is 29.3 Å². The number of fused-ring (bicyclic) bond motifs is 1. The summed E-state index contributed by atoms with van der Waals surface area (Å²) in [6, 6.07) is 6.90. The average molecular weight is 407 g/mol. The summed E-state index contributed by atoms with van der Waals surface area (Å²) < 4.78 is 41.7. The first kappa shape index (κ1) is 19.7. The summed E-state index contributed by atoms with van der Waals surface area (Å²) in [5.74, 6) is -2.38. The van der Waals surface area contributed by atoms with E-state index in [2.05, 4.69) is 15.5 Å². The van der Waals surface area contributed by atoms with Crippen LogP contribution in [0, 0.1) is 28.8 Å². The van der Waals surface area contributed by atoms with Crippen LogP contribution >= 0.6 is 11.6 Å². The first-order valence-corrected chi connectivity index (χ1v) is 8.65. The summed E-state index contributed by atoms with van der Waals surface area (Å²) in [5.41, 5.74) is 1.11. The molecule has 0 amide bonds. The molecule has 0 unspecified atom stereocenters. The molecule has 0 atom stereocenters. The number of halogens is 4. The molecule has 1 aliphatic rings. The number of nitriles is 1. The van der Waals surface area contributed by atoms with E-state index in [-0.39, 0.29) is 47.8 Å². The molecular formula is C19H14ClF3N4O. The predicted octanol–water partition coefficient (Wildman–Crippen LogP) is 4.46. The van der Waals surface area contributed by atoms with Gasteiger partial charge < -0.3 is 10.5 Å². The molecule has 2 aromatic rings. The van der Waals surface area contributed by atoms with Gasteiger partial charge in [0.25, 0.3) is 0 Å². The molecule has 3 rings (SSSR count). The van der Waals surface area contributed by atoms with Gasteiger partial charge in [-0.15, -0.1) is 0 Å². The number of hydrogen-bond acceptors (Lipinski definition) is 4. The average Bonchev–Trinajstić information content (AvgIpc) is 3.10. The number of nitrogens with one attached hydrogen (secondary N) is 1. The number of nitrogens with zero attached hydrogens (tertiary/aromatic N) is 3. The molecule has 0 fully saturated rings. The van der Waals surface area contributed by atoms with Crippen molar-refractivity contribution in [2.24, 2.45) is 10.1 Å². The Labute approximate surface area is 163 Å². The van der Waals surface area contributed by atoms with Crippen LogP contribution in [0.25, 0.3) is 0 Å². The van der Waals surface area contributed by atoms with E-state index >= 15 is 0 Å². The molecule has 1 heterocycles. The zero-order valence-electron chi connectivity index (χ0n) is 14.4. The Kier molecular flexibility index (Phi) is 5.85. The Balaban J connectivity index is 1.97. The van der Waals surface area contributed by atoms with Crippen LogP contribution in [-0.4, -0.2) is 23.3 Å². The third-order valence-electron chi connectivity index (χ3n) is 4.25. The summed E-state index contributed by atoms with van der Waals surface area (Å²) in [7, 11) is 0. The minimum absolute atomic E-state index is 0.0227. The number of rotatable bonds is 5. The van der Waals surface area contributed by atoms with E-state index in [1.807, 2.05) is 6.07 Å². The van der Waals surface area contributed by atoms with Crippen LogP contribution in [0.1, 0.15) is 23.1 Å². The summed E-state index contributed by atoms with van der Waals surface area (Å²) in [6.07, 6.45) is 0.380. The first-order valence-electron chi connectivity index (χ1n) is 8.28. The standard InChI is InChI=1S/C19H14ClF3N4O/c20-13-6-10(2-3-14(13)21)7-16(27-28)11-8-15(22)18(23)19-12(11)9-17(26-19)25-5-1-4-24/h2-3,6,8,28H,1,5,7,9H2,(H,25,26)/b27-16+. The van der Waals surface area contributed by atoms with Crippen LogP contribution in [0.2, 0.25) is 5.02 Å². The fourth-order valence-corrected chi connectivity index (χ4v) is 3.16. The topological polar surface area (TPSA) is 80.8 Å². The van der Waals surface area contributed by atoms with E-state index in [1.165, 1.54) is 18.2 Å². The van der Waals surface area contributed by atoms with Crippen molar-refractivity contribution in [2.75, 3.05) is 11.9 Å². The number of benzene rings is 2. The second-order valence-corrected chi connectivity index (χ2v) is 6.49. The smallest absolute Gasteiger partial charge is 0.182 e. The Bertz CT molecular complexity index is 1030. The highest BCUT2D eigenvalue weighted by Crippen LogP contribution is 2.33. The minimum Gasteiger partial charge on any atom is -0.411 e. The number of aliphatic imine (C=N–C) groups is 1. The van der Waals surface area contributed by atoms with Crippen LogP contribution < -0.4 is 5.32 Å². The quantitative estimate of drug-likeness (QED) is 0.333. The maximum absolute atomic E-state index is 14.2. The van der Waals surface area contributed by atoms with Crippen LogP contribution in [0.4, 0.5) is 18.9 Å². The summed E-state index contributed by atoms with van der Waals surface area (Å²) in [5, 5.41) is 23.9. The molecule has 9 heteroatoms. The summed E-state index contributed by atoms with van der Waals surface area (Å²) in [4.78, 5) is 4.16. The zero-order chi connectivity index (χ0) is 20.3. The lowest BCUT2D eigenvalue weighted by Gasteiger charge is -2.11. The molecule has 0 aliphatic carbocycles. The van der Waals surface area contributed by atoms with Crippen molar-refractivity contribution in [1.82, 2.24) is 0 Å². The summed E-state index contributed by atoms with van der Waals surface area (Å²) in [6.45, 7) is 0.223. The molecule has 2 N–H and O–H groups in total. The van der Waals surface area contributed by atoms with Crippen LogP contribution in [0.3, 0.4) is 0 Å². The van der Waals surface area contributed by atoms with E-state index < -0.39 is 17.5 Å². The number of hydrogen-bond donors (Lipinski definition) is 2. The van der Waals surface area contributed by atoms with Crippen LogP contribution in [0.5, 0.6) is 0 Å². The van der Waals surface area contributed by atoms with Crippen molar-refractivity contribution in [3.8, 4) is 6.07 Å². The largest absolute Gasteiger partial charge is 0.411 e. The molecule has 0 saturated heterocycles. The van der Waals surface area contributed by atoms with Gasteiger partial charge in [0.1, 0.15) is 11.7 Å². The summed E-state index contributed by atoms with van der Waals surface area (Å²) >= 11 is 5.77. The molecular weight excluding hydrogens is 393 g/mol. The van der Waals surface area contributed by atoms with E-state index in [4.69, 9.17) is 16.9 Å². The Morgan fingerprint density at radius 3 is 2.71 bits per heavy atom. The molecule has 28 heavy (non-hydrogen) atoms. The molecule has 0 saturated carbocycles. The second-order valence-electron chi connectivity index (χ2n) is 6.08. The lowest BCUT2D eigenvalue weighted by molar-refractivity contribution is 0.318. The Morgan fingerprint density at radius 1 is 1.25 bits per heavy atom. The fraction of sp³-hybridized carbons (Fsp3) is 0.211. The van der Waals surface area contributed by atoms with Crippen LogP contribution in [0.15, 0.2) is 34.4 Å². The molecule has 0 aromatic heterocycles. The van der Waals surface area contributed by atoms with Gasteiger partial charge in [0.15, 0.2) is 11.6 Å². The normalized spacial score (nSPS) is 14.7. The predicted molar refractivity (Wildman–Crippen MR) is 99.7 cm³/mol. The monoisotopic (exact) mass is 406 g/mol. The molecule has 144 valence electrons. The second kappa shape index (κ2) is 8.31. The molecule has 0 bridgehead atoms. The lowest BCUT2D eigenvalue weighted by atomic mass is 9.95. The highest BCUT2D eigenvalue weighted by molar-refractivity contribution is 6.30. The van der Waals surface area contributed by atoms with Gasteiger partial charge in [-0.2, -0.15) is 5.26 Å². The number of amidine groups is 1. The van der Waals surface area contributed by atoms with Crippen molar-refractivity contribution in [3.05, 3.63) is 63.4 Å². The van der Waals surface area contributed by atoms with Gasteiger partial charge in [0.2, 0.25) is 0 Å². The van der Waals surface area contributed by atoms with Crippen LogP contribution in [-0.2, 0) is 12.8 Å². The third-order valence-corrected chi connectivity index (χ3v) is 4.54. The van der Waals surface area contributed by atoms with E-state index in [0.29, 0.717) is 17.0 Å². The maximum atomic E-state index is 14.2. The van der Waals surface area contributed by atoms with E-state index in [0.717, 1.165) is 6.07 Å². The molecule has 0 radical (unpaired) electrons. The van der Waals surface area contributed by atoms with Gasteiger partial charge in [-0.3, -0.25) is 4.99 Å². The maximum Gasteiger partial charge on any atom is 0.182 e. The van der Waals surface area contributed by atoms with Crippen molar-refractivity contribution >= 4 is 28.8 Å². The number of oxime groups is 1. The van der Waals surface area contributed by atoms with Gasteiger partial charge in [0, 0.05) is 18.4 Å². The molecule has 5 nitrogen and oxygen atoms in total. The van der Waals surface area contributed by atoms with Gasteiger partial charge >= 0.3 is 0 Å². The number of anilines is 1. The van der Waals surface area contributed by atoms with Gasteiger partial charge in [-0.25, -0.2) is 13.2 Å². The Hall–Kier alpha value is -3.05. The highest BCUT2D eigenvalue weighted by atomic mass is 35.5. The molecule has 1 aliphatic heterocycles. The SMILES string of the molecule is N#CCCN=C1Cc2c(/C(Cc3ccc(F)c(Cl)c3)=N/O)cc(F)c(F)c2N1. The van der Waals surface area contributed by atoms with Crippen molar-refractivity contribution in [3.63, 3.8) is 0 Å². The van der Waals surface area contributed by atoms with E-state index in [1.54, 1.807) is 0 Å². The van der Waals surface area contributed by atoms with E-state index in [9.17, 15) is 18.4 Å².